The van der Waals surface area contributed by atoms with Crippen LogP contribution in [-0.2, 0) is 14.3 Å². The van der Waals surface area contributed by atoms with E-state index < -0.39 is 0 Å². The van der Waals surface area contributed by atoms with Crippen molar-refractivity contribution in [3.8, 4) is 0 Å². The molecular formula is C18H32O3. The van der Waals surface area contributed by atoms with Crippen LogP contribution in [0.3, 0.4) is 0 Å². The molecule has 0 bridgehead atoms. The highest BCUT2D eigenvalue weighted by molar-refractivity contribution is 5.94. The van der Waals surface area contributed by atoms with Crippen molar-refractivity contribution in [1.29, 1.82) is 0 Å². The average Bonchev–Trinajstić information content (AvgIpc) is 2.73. The molecule has 0 N–H and O–H groups in total. The van der Waals surface area contributed by atoms with Gasteiger partial charge in [0.15, 0.2) is 0 Å². The SMILES string of the molecule is CCC(C)(C)CC(C)(CC)CCCCC1CC(=O)OC1=O. The maximum Gasteiger partial charge on any atom is 0.317 e. The monoisotopic (exact) mass is 296 g/mol. The van der Waals surface area contributed by atoms with Crippen LogP contribution in [0.5, 0.6) is 0 Å². The highest BCUT2D eigenvalue weighted by Gasteiger charge is 2.33. The molecule has 2 unspecified atom stereocenters. The summed E-state index contributed by atoms with van der Waals surface area (Å²) in [6.45, 7) is 11.6. The standard InChI is InChI=1S/C18H32O3/c1-6-17(3,4)13-18(5,7-2)11-9-8-10-14-12-15(19)21-16(14)20/h14H,6-13H2,1-5H3. The highest BCUT2D eigenvalue weighted by Crippen LogP contribution is 2.42. The van der Waals surface area contributed by atoms with Gasteiger partial charge in [-0.1, -0.05) is 60.3 Å². The van der Waals surface area contributed by atoms with E-state index in [-0.39, 0.29) is 24.3 Å². The number of cyclic esters (lactones) is 2. The summed E-state index contributed by atoms with van der Waals surface area (Å²) in [6, 6.07) is 0. The molecule has 0 aromatic heterocycles. The van der Waals surface area contributed by atoms with Crippen molar-refractivity contribution in [2.24, 2.45) is 16.7 Å². The first kappa shape index (κ1) is 18.2. The largest absolute Gasteiger partial charge is 0.393 e. The van der Waals surface area contributed by atoms with Gasteiger partial charge in [0.1, 0.15) is 0 Å². The number of hydrogen-bond acceptors (Lipinski definition) is 3. The van der Waals surface area contributed by atoms with Crippen LogP contribution in [0.4, 0.5) is 0 Å². The molecule has 0 amide bonds. The summed E-state index contributed by atoms with van der Waals surface area (Å²) in [5, 5.41) is 0. The molecule has 0 spiro atoms. The Morgan fingerprint density at radius 3 is 2.24 bits per heavy atom. The third-order valence-electron chi connectivity index (χ3n) is 5.26. The molecule has 1 saturated heterocycles. The van der Waals surface area contributed by atoms with Crippen LogP contribution >= 0.6 is 0 Å². The summed E-state index contributed by atoms with van der Waals surface area (Å²) >= 11 is 0. The minimum Gasteiger partial charge on any atom is -0.393 e. The zero-order chi connectivity index (χ0) is 16.1. The molecule has 1 rings (SSSR count). The normalized spacial score (nSPS) is 22.2. The minimum atomic E-state index is -0.354. The molecule has 0 aliphatic carbocycles. The lowest BCUT2D eigenvalue weighted by Crippen LogP contribution is -2.25. The lowest BCUT2D eigenvalue weighted by Gasteiger charge is -2.37. The van der Waals surface area contributed by atoms with Gasteiger partial charge >= 0.3 is 11.9 Å². The van der Waals surface area contributed by atoms with Gasteiger partial charge in [-0.05, 0) is 30.1 Å². The van der Waals surface area contributed by atoms with Crippen molar-refractivity contribution < 1.29 is 14.3 Å². The molecule has 3 nitrogen and oxygen atoms in total. The van der Waals surface area contributed by atoms with E-state index in [0.29, 0.717) is 10.8 Å². The molecule has 122 valence electrons. The van der Waals surface area contributed by atoms with Gasteiger partial charge in [0.25, 0.3) is 0 Å². The summed E-state index contributed by atoms with van der Waals surface area (Å²) in [4.78, 5) is 22.5. The third-order valence-corrected chi connectivity index (χ3v) is 5.26. The number of ether oxygens (including phenoxy) is 1. The van der Waals surface area contributed by atoms with E-state index in [2.05, 4.69) is 39.4 Å². The molecule has 0 radical (unpaired) electrons. The Labute approximate surface area is 129 Å². The first-order valence-electron chi connectivity index (χ1n) is 8.46. The lowest BCUT2D eigenvalue weighted by atomic mass is 9.69. The van der Waals surface area contributed by atoms with Gasteiger partial charge in [0.05, 0.1) is 12.3 Å². The highest BCUT2D eigenvalue weighted by atomic mass is 16.6. The van der Waals surface area contributed by atoms with E-state index in [0.717, 1.165) is 19.3 Å². The van der Waals surface area contributed by atoms with Gasteiger partial charge < -0.3 is 4.74 Å². The fourth-order valence-electron chi connectivity index (χ4n) is 3.35. The van der Waals surface area contributed by atoms with Gasteiger partial charge in [-0.25, -0.2) is 0 Å². The smallest absolute Gasteiger partial charge is 0.317 e. The maximum atomic E-state index is 11.4. The van der Waals surface area contributed by atoms with E-state index in [4.69, 9.17) is 0 Å². The van der Waals surface area contributed by atoms with Crippen molar-refractivity contribution in [3.05, 3.63) is 0 Å². The maximum absolute atomic E-state index is 11.4. The summed E-state index contributed by atoms with van der Waals surface area (Å²) < 4.78 is 4.60. The van der Waals surface area contributed by atoms with Crippen molar-refractivity contribution in [2.45, 2.75) is 86.0 Å². The van der Waals surface area contributed by atoms with Crippen molar-refractivity contribution in [3.63, 3.8) is 0 Å². The number of hydrogen-bond donors (Lipinski definition) is 0. The molecule has 21 heavy (non-hydrogen) atoms. The summed E-state index contributed by atoms with van der Waals surface area (Å²) in [6.07, 6.45) is 8.06. The van der Waals surface area contributed by atoms with Crippen LogP contribution in [0.15, 0.2) is 0 Å². The zero-order valence-electron chi connectivity index (χ0n) is 14.5. The molecule has 0 aromatic carbocycles. The predicted molar refractivity (Wildman–Crippen MR) is 84.8 cm³/mol. The summed E-state index contributed by atoms with van der Waals surface area (Å²) in [5.41, 5.74) is 0.776. The van der Waals surface area contributed by atoms with Crippen LogP contribution in [0.2, 0.25) is 0 Å². The fourth-order valence-corrected chi connectivity index (χ4v) is 3.35. The molecule has 1 heterocycles. The van der Waals surface area contributed by atoms with Crippen molar-refractivity contribution in [1.82, 2.24) is 0 Å². The Morgan fingerprint density at radius 2 is 1.76 bits per heavy atom. The van der Waals surface area contributed by atoms with E-state index in [1.165, 1.54) is 25.7 Å². The molecule has 2 atom stereocenters. The number of carbonyl (C=O) groups is 2. The Bertz CT molecular complexity index is 373. The second-order valence-corrected chi connectivity index (χ2v) is 7.80. The predicted octanol–water partition coefficient (Wildman–Crippen LogP) is 4.88. The van der Waals surface area contributed by atoms with Crippen LogP contribution in [-0.4, -0.2) is 11.9 Å². The molecule has 0 saturated carbocycles. The van der Waals surface area contributed by atoms with Crippen LogP contribution in [0.25, 0.3) is 0 Å². The number of esters is 2. The minimum absolute atomic E-state index is 0.183. The van der Waals surface area contributed by atoms with E-state index in [9.17, 15) is 9.59 Å². The molecule has 3 heteroatoms. The van der Waals surface area contributed by atoms with E-state index in [1.807, 2.05) is 0 Å². The number of rotatable bonds is 9. The molecular weight excluding hydrogens is 264 g/mol. The molecule has 0 aromatic rings. The van der Waals surface area contributed by atoms with Gasteiger partial charge in [0.2, 0.25) is 0 Å². The summed E-state index contributed by atoms with van der Waals surface area (Å²) in [5.74, 6) is -0.851. The summed E-state index contributed by atoms with van der Waals surface area (Å²) in [7, 11) is 0. The average molecular weight is 296 g/mol. The molecule has 1 aliphatic rings. The van der Waals surface area contributed by atoms with Gasteiger partial charge in [-0.15, -0.1) is 0 Å². The Balaban J connectivity index is 2.35. The number of unbranched alkanes of at least 4 members (excludes halogenated alkanes) is 1. The topological polar surface area (TPSA) is 43.4 Å². The number of carbonyl (C=O) groups excluding carboxylic acids is 2. The van der Waals surface area contributed by atoms with Gasteiger partial charge in [-0.2, -0.15) is 0 Å². The van der Waals surface area contributed by atoms with Gasteiger partial charge in [-0.3, -0.25) is 9.59 Å². The van der Waals surface area contributed by atoms with Crippen LogP contribution in [0.1, 0.15) is 86.0 Å². The Hall–Kier alpha value is -0.860. The fraction of sp³-hybridized carbons (Fsp3) is 0.889. The van der Waals surface area contributed by atoms with Gasteiger partial charge in [0, 0.05) is 0 Å². The molecule has 1 fully saturated rings. The lowest BCUT2D eigenvalue weighted by molar-refractivity contribution is -0.153. The van der Waals surface area contributed by atoms with E-state index in [1.54, 1.807) is 0 Å². The Kier molecular flexibility index (Phi) is 6.42. The molecule has 1 aliphatic heterocycles. The second-order valence-electron chi connectivity index (χ2n) is 7.80. The second kappa shape index (κ2) is 7.42. The first-order valence-corrected chi connectivity index (χ1v) is 8.46. The van der Waals surface area contributed by atoms with Crippen molar-refractivity contribution in [2.75, 3.05) is 0 Å². The van der Waals surface area contributed by atoms with Crippen LogP contribution in [0, 0.1) is 16.7 Å². The quantitative estimate of drug-likeness (QED) is 0.346. The van der Waals surface area contributed by atoms with E-state index >= 15 is 0 Å². The first-order chi connectivity index (χ1) is 9.71. The van der Waals surface area contributed by atoms with Crippen LogP contribution < -0.4 is 0 Å². The third kappa shape index (κ3) is 5.80. The Morgan fingerprint density at radius 1 is 1.10 bits per heavy atom. The van der Waals surface area contributed by atoms with Crippen molar-refractivity contribution >= 4 is 11.9 Å². The zero-order valence-corrected chi connectivity index (χ0v) is 14.5.